The minimum absolute atomic E-state index is 0.192. The number of hydrogen-bond donors (Lipinski definition) is 1. The van der Waals surface area contributed by atoms with Crippen LogP contribution >= 0.6 is 0 Å². The van der Waals surface area contributed by atoms with Crippen LogP contribution in [0.25, 0.3) is 0 Å². The zero-order valence-corrected chi connectivity index (χ0v) is 10.3. The molecule has 2 N–H and O–H groups in total. The third kappa shape index (κ3) is 3.03. The van der Waals surface area contributed by atoms with Gasteiger partial charge >= 0.3 is 0 Å². The van der Waals surface area contributed by atoms with Crippen molar-refractivity contribution in [1.82, 2.24) is 9.80 Å². The summed E-state index contributed by atoms with van der Waals surface area (Å²) in [6.07, 6.45) is 0. The van der Waals surface area contributed by atoms with Gasteiger partial charge in [0.25, 0.3) is 0 Å². The Morgan fingerprint density at radius 2 is 1.76 bits per heavy atom. The lowest BCUT2D eigenvalue weighted by Crippen LogP contribution is -2.47. The lowest BCUT2D eigenvalue weighted by Gasteiger charge is -2.37. The van der Waals surface area contributed by atoms with Crippen molar-refractivity contribution in [2.75, 3.05) is 39.8 Å². The number of hydrogen-bond acceptors (Lipinski definition) is 3. The maximum absolute atomic E-state index is 12.9. The average Bonchev–Trinajstić information content (AvgIpc) is 2.35. The van der Waals surface area contributed by atoms with E-state index in [2.05, 4.69) is 16.8 Å². The predicted octanol–water partition coefficient (Wildman–Crippen LogP) is 1.07. The summed E-state index contributed by atoms with van der Waals surface area (Å²) >= 11 is 0. The SMILES string of the molecule is CN1CCN(C(CN)c2ccc(F)cc2)CC1. The minimum atomic E-state index is -0.192. The fraction of sp³-hybridized carbons (Fsp3) is 0.538. The summed E-state index contributed by atoms with van der Waals surface area (Å²) in [5.41, 5.74) is 6.97. The average molecular weight is 237 g/mol. The molecule has 0 bridgehead atoms. The molecular weight excluding hydrogens is 217 g/mol. The van der Waals surface area contributed by atoms with Gasteiger partial charge in [-0.1, -0.05) is 12.1 Å². The van der Waals surface area contributed by atoms with Crippen LogP contribution in [0.3, 0.4) is 0 Å². The summed E-state index contributed by atoms with van der Waals surface area (Å²) in [7, 11) is 2.13. The van der Waals surface area contributed by atoms with Crippen molar-refractivity contribution in [3.8, 4) is 0 Å². The van der Waals surface area contributed by atoms with E-state index in [9.17, 15) is 4.39 Å². The van der Waals surface area contributed by atoms with E-state index >= 15 is 0 Å². The lowest BCUT2D eigenvalue weighted by molar-refractivity contribution is 0.114. The highest BCUT2D eigenvalue weighted by Gasteiger charge is 2.22. The van der Waals surface area contributed by atoms with Crippen molar-refractivity contribution in [1.29, 1.82) is 0 Å². The molecule has 0 aliphatic carbocycles. The monoisotopic (exact) mass is 237 g/mol. The van der Waals surface area contributed by atoms with E-state index < -0.39 is 0 Å². The third-order valence-corrected chi connectivity index (χ3v) is 3.46. The highest BCUT2D eigenvalue weighted by atomic mass is 19.1. The van der Waals surface area contributed by atoms with E-state index in [-0.39, 0.29) is 11.9 Å². The zero-order valence-electron chi connectivity index (χ0n) is 10.3. The Hall–Kier alpha value is -0.970. The van der Waals surface area contributed by atoms with E-state index in [1.165, 1.54) is 12.1 Å². The summed E-state index contributed by atoms with van der Waals surface area (Å²) < 4.78 is 12.9. The highest BCUT2D eigenvalue weighted by Crippen LogP contribution is 2.21. The van der Waals surface area contributed by atoms with Crippen molar-refractivity contribution in [3.63, 3.8) is 0 Å². The van der Waals surface area contributed by atoms with Crippen molar-refractivity contribution in [3.05, 3.63) is 35.6 Å². The van der Waals surface area contributed by atoms with Crippen molar-refractivity contribution in [2.24, 2.45) is 5.73 Å². The standard InChI is InChI=1S/C13H20FN3/c1-16-6-8-17(9-7-16)13(10-15)11-2-4-12(14)5-3-11/h2-5,13H,6-10,15H2,1H3. The molecule has 0 saturated carbocycles. The molecule has 1 aromatic rings. The van der Waals surface area contributed by atoms with Crippen LogP contribution in [0.5, 0.6) is 0 Å². The third-order valence-electron chi connectivity index (χ3n) is 3.46. The number of nitrogens with zero attached hydrogens (tertiary/aromatic N) is 2. The van der Waals surface area contributed by atoms with Gasteiger partial charge in [-0.05, 0) is 24.7 Å². The highest BCUT2D eigenvalue weighted by molar-refractivity contribution is 5.20. The molecule has 0 amide bonds. The molecule has 2 rings (SSSR count). The van der Waals surface area contributed by atoms with Crippen LogP contribution in [0.4, 0.5) is 4.39 Å². The van der Waals surface area contributed by atoms with Crippen molar-refractivity contribution < 1.29 is 4.39 Å². The van der Waals surface area contributed by atoms with Gasteiger partial charge in [0.1, 0.15) is 5.82 Å². The summed E-state index contributed by atoms with van der Waals surface area (Å²) in [6, 6.07) is 6.91. The fourth-order valence-corrected chi connectivity index (χ4v) is 2.31. The van der Waals surface area contributed by atoms with Gasteiger partial charge in [-0.2, -0.15) is 0 Å². The van der Waals surface area contributed by atoms with E-state index in [0.717, 1.165) is 31.7 Å². The molecule has 94 valence electrons. The lowest BCUT2D eigenvalue weighted by atomic mass is 10.0. The summed E-state index contributed by atoms with van der Waals surface area (Å²) in [6.45, 7) is 4.76. The zero-order chi connectivity index (χ0) is 12.3. The molecule has 1 aromatic carbocycles. The molecule has 17 heavy (non-hydrogen) atoms. The van der Waals surface area contributed by atoms with Gasteiger partial charge in [-0.15, -0.1) is 0 Å². The summed E-state index contributed by atoms with van der Waals surface area (Å²) in [4.78, 5) is 4.70. The quantitative estimate of drug-likeness (QED) is 0.853. The second-order valence-corrected chi connectivity index (χ2v) is 4.64. The molecule has 1 saturated heterocycles. The molecule has 3 nitrogen and oxygen atoms in total. The Morgan fingerprint density at radius 1 is 1.18 bits per heavy atom. The Morgan fingerprint density at radius 3 is 2.29 bits per heavy atom. The molecule has 4 heteroatoms. The number of piperazine rings is 1. The molecule has 1 fully saturated rings. The van der Waals surface area contributed by atoms with Gasteiger partial charge in [0.15, 0.2) is 0 Å². The van der Waals surface area contributed by atoms with Gasteiger partial charge in [-0.25, -0.2) is 4.39 Å². The van der Waals surface area contributed by atoms with Crippen LogP contribution in [0.15, 0.2) is 24.3 Å². The van der Waals surface area contributed by atoms with Crippen LogP contribution in [0, 0.1) is 5.82 Å². The van der Waals surface area contributed by atoms with Crippen LogP contribution in [0.2, 0.25) is 0 Å². The largest absolute Gasteiger partial charge is 0.329 e. The van der Waals surface area contributed by atoms with Crippen LogP contribution < -0.4 is 5.73 Å². The molecule has 1 heterocycles. The van der Waals surface area contributed by atoms with Crippen LogP contribution in [-0.2, 0) is 0 Å². The Bertz CT molecular complexity index is 344. The number of likely N-dealkylation sites (N-methyl/N-ethyl adjacent to an activating group) is 1. The van der Waals surface area contributed by atoms with Crippen LogP contribution in [-0.4, -0.2) is 49.6 Å². The fourth-order valence-electron chi connectivity index (χ4n) is 2.31. The molecule has 0 spiro atoms. The summed E-state index contributed by atoms with van der Waals surface area (Å²) in [5, 5.41) is 0. The van der Waals surface area contributed by atoms with Gasteiger partial charge < -0.3 is 10.6 Å². The smallest absolute Gasteiger partial charge is 0.123 e. The molecule has 0 aromatic heterocycles. The van der Waals surface area contributed by atoms with Crippen molar-refractivity contribution in [2.45, 2.75) is 6.04 Å². The topological polar surface area (TPSA) is 32.5 Å². The number of rotatable bonds is 3. The minimum Gasteiger partial charge on any atom is -0.329 e. The Balaban J connectivity index is 2.08. The Kier molecular flexibility index (Phi) is 4.10. The Labute approximate surface area is 102 Å². The normalized spacial score (nSPS) is 20.4. The maximum atomic E-state index is 12.9. The number of halogens is 1. The first-order chi connectivity index (χ1) is 8.20. The first kappa shape index (κ1) is 12.5. The predicted molar refractivity (Wildman–Crippen MR) is 67.3 cm³/mol. The molecular formula is C13H20FN3. The first-order valence-electron chi connectivity index (χ1n) is 6.09. The maximum Gasteiger partial charge on any atom is 0.123 e. The van der Waals surface area contributed by atoms with Gasteiger partial charge in [0.05, 0.1) is 0 Å². The first-order valence-corrected chi connectivity index (χ1v) is 6.09. The van der Waals surface area contributed by atoms with E-state index in [1.807, 2.05) is 12.1 Å². The molecule has 1 atom stereocenters. The second kappa shape index (κ2) is 5.58. The van der Waals surface area contributed by atoms with Gasteiger partial charge in [-0.3, -0.25) is 4.90 Å². The van der Waals surface area contributed by atoms with E-state index in [1.54, 1.807) is 0 Å². The van der Waals surface area contributed by atoms with E-state index in [0.29, 0.717) is 6.54 Å². The molecule has 1 unspecified atom stereocenters. The molecule has 1 aliphatic rings. The number of nitrogens with two attached hydrogens (primary N) is 1. The molecule has 1 aliphatic heterocycles. The molecule has 0 radical (unpaired) electrons. The van der Waals surface area contributed by atoms with E-state index in [4.69, 9.17) is 5.73 Å². The van der Waals surface area contributed by atoms with Crippen LogP contribution in [0.1, 0.15) is 11.6 Å². The summed E-state index contributed by atoms with van der Waals surface area (Å²) in [5.74, 6) is -0.192. The van der Waals surface area contributed by atoms with Crippen molar-refractivity contribution >= 4 is 0 Å². The van der Waals surface area contributed by atoms with Gasteiger partial charge in [0, 0.05) is 38.8 Å². The number of benzene rings is 1. The second-order valence-electron chi connectivity index (χ2n) is 4.64. The van der Waals surface area contributed by atoms with Gasteiger partial charge in [0.2, 0.25) is 0 Å².